The number of fused-ring (bicyclic) bond motifs is 1. The van der Waals surface area contributed by atoms with Crippen LogP contribution < -0.4 is 16.0 Å². The average Bonchev–Trinajstić information content (AvgIpc) is 2.90. The van der Waals surface area contributed by atoms with Gasteiger partial charge < -0.3 is 4.74 Å². The van der Waals surface area contributed by atoms with Crippen LogP contribution in [-0.2, 0) is 6.42 Å². The van der Waals surface area contributed by atoms with E-state index in [1.165, 1.54) is 4.88 Å². The molecule has 0 spiro atoms. The van der Waals surface area contributed by atoms with Gasteiger partial charge in [0.15, 0.2) is 0 Å². The van der Waals surface area contributed by atoms with Crippen molar-refractivity contribution in [1.29, 1.82) is 0 Å². The number of nitrogens with two attached hydrogens (primary N) is 1. The summed E-state index contributed by atoms with van der Waals surface area (Å²) in [6, 6.07) is 9.21. The summed E-state index contributed by atoms with van der Waals surface area (Å²) in [7, 11) is 0. The van der Waals surface area contributed by atoms with E-state index in [1.807, 2.05) is 18.2 Å². The van der Waals surface area contributed by atoms with Gasteiger partial charge in [-0.15, -0.1) is 11.3 Å². The number of thiophene rings is 1. The number of aromatic nitrogens is 2. The predicted molar refractivity (Wildman–Crippen MR) is 86.1 cm³/mol. The molecule has 7 heteroatoms. The highest BCUT2D eigenvalue weighted by Gasteiger charge is 2.13. The van der Waals surface area contributed by atoms with E-state index in [1.54, 1.807) is 23.5 Å². The van der Waals surface area contributed by atoms with E-state index in [9.17, 15) is 0 Å². The summed E-state index contributed by atoms with van der Waals surface area (Å²) >= 11 is 7.57. The molecule has 3 rings (SSSR count). The standard InChI is InChI=1S/C14H13ClN4OS/c1-2-10-7-11-12(17-14(19-16)18-13(11)21-10)20-9-5-3-4-8(15)6-9/h3-7H,2,16H2,1H3,(H,17,18,19). The molecule has 21 heavy (non-hydrogen) atoms. The van der Waals surface area contributed by atoms with Gasteiger partial charge in [-0.1, -0.05) is 24.6 Å². The van der Waals surface area contributed by atoms with Gasteiger partial charge in [-0.05, 0) is 30.7 Å². The summed E-state index contributed by atoms with van der Waals surface area (Å²) in [6.45, 7) is 2.09. The lowest BCUT2D eigenvalue weighted by Crippen LogP contribution is -2.10. The van der Waals surface area contributed by atoms with Crippen LogP contribution in [0.2, 0.25) is 5.02 Å². The summed E-state index contributed by atoms with van der Waals surface area (Å²) in [6.07, 6.45) is 0.934. The van der Waals surface area contributed by atoms with Crippen molar-refractivity contribution in [2.45, 2.75) is 13.3 Å². The van der Waals surface area contributed by atoms with Crippen LogP contribution in [0.25, 0.3) is 10.2 Å². The Bertz CT molecular complexity index is 790. The largest absolute Gasteiger partial charge is 0.438 e. The molecule has 0 amide bonds. The van der Waals surface area contributed by atoms with Gasteiger partial charge in [0.25, 0.3) is 0 Å². The van der Waals surface area contributed by atoms with Crippen molar-refractivity contribution in [3.8, 4) is 11.6 Å². The lowest BCUT2D eigenvalue weighted by Gasteiger charge is -2.07. The number of hydrogen-bond acceptors (Lipinski definition) is 6. The van der Waals surface area contributed by atoms with Crippen molar-refractivity contribution < 1.29 is 4.74 Å². The maximum atomic E-state index is 5.97. The van der Waals surface area contributed by atoms with Crippen LogP contribution in [0, 0.1) is 0 Å². The summed E-state index contributed by atoms with van der Waals surface area (Å²) in [5, 5.41) is 1.48. The molecular weight excluding hydrogens is 308 g/mol. The smallest absolute Gasteiger partial charge is 0.241 e. The van der Waals surface area contributed by atoms with Gasteiger partial charge in [0.05, 0.1) is 5.39 Å². The number of aryl methyl sites for hydroxylation is 1. The Kier molecular flexibility index (Phi) is 3.92. The highest BCUT2D eigenvalue weighted by molar-refractivity contribution is 7.18. The third-order valence-corrected chi connectivity index (χ3v) is 4.31. The third-order valence-electron chi connectivity index (χ3n) is 2.90. The number of nitrogen functional groups attached to an aromatic ring is 1. The van der Waals surface area contributed by atoms with Crippen LogP contribution in [0.4, 0.5) is 5.95 Å². The molecular formula is C14H13ClN4OS. The van der Waals surface area contributed by atoms with Gasteiger partial charge in [-0.2, -0.15) is 4.98 Å². The fourth-order valence-electron chi connectivity index (χ4n) is 1.90. The Balaban J connectivity index is 2.09. The Morgan fingerprint density at radius 1 is 1.33 bits per heavy atom. The Hall–Kier alpha value is -1.89. The number of benzene rings is 1. The van der Waals surface area contributed by atoms with Crippen LogP contribution in [0.15, 0.2) is 30.3 Å². The molecule has 0 aliphatic carbocycles. The molecule has 0 saturated carbocycles. The molecule has 0 fully saturated rings. The van der Waals surface area contributed by atoms with Gasteiger partial charge in [-0.25, -0.2) is 10.8 Å². The summed E-state index contributed by atoms with van der Waals surface area (Å²) in [5.74, 6) is 6.83. The molecule has 0 unspecified atom stereocenters. The fraction of sp³-hybridized carbons (Fsp3) is 0.143. The zero-order chi connectivity index (χ0) is 14.8. The molecule has 2 aromatic heterocycles. The molecule has 0 saturated heterocycles. The van der Waals surface area contributed by atoms with Gasteiger partial charge in [0.1, 0.15) is 10.6 Å². The number of nitrogens with one attached hydrogen (secondary N) is 1. The summed E-state index contributed by atoms with van der Waals surface area (Å²) in [5.41, 5.74) is 2.46. The van der Waals surface area contributed by atoms with Gasteiger partial charge in [0, 0.05) is 9.90 Å². The van der Waals surface area contributed by atoms with Crippen molar-refractivity contribution in [3.05, 3.63) is 40.2 Å². The first-order chi connectivity index (χ1) is 10.2. The van der Waals surface area contributed by atoms with E-state index in [-0.39, 0.29) is 0 Å². The van der Waals surface area contributed by atoms with Crippen LogP contribution in [0.3, 0.4) is 0 Å². The molecule has 0 atom stereocenters. The monoisotopic (exact) mass is 320 g/mol. The van der Waals surface area contributed by atoms with Crippen molar-refractivity contribution in [2.24, 2.45) is 5.84 Å². The molecule has 3 N–H and O–H groups in total. The molecule has 2 heterocycles. The van der Waals surface area contributed by atoms with E-state index in [0.29, 0.717) is 22.6 Å². The lowest BCUT2D eigenvalue weighted by atomic mass is 10.3. The zero-order valence-electron chi connectivity index (χ0n) is 11.3. The van der Waals surface area contributed by atoms with Crippen LogP contribution >= 0.6 is 22.9 Å². The zero-order valence-corrected chi connectivity index (χ0v) is 12.8. The minimum absolute atomic E-state index is 0.323. The number of hydrazine groups is 1. The van der Waals surface area contributed by atoms with Gasteiger partial charge in [0.2, 0.25) is 11.8 Å². The van der Waals surface area contributed by atoms with E-state index < -0.39 is 0 Å². The Morgan fingerprint density at radius 3 is 2.90 bits per heavy atom. The first-order valence-electron chi connectivity index (χ1n) is 6.40. The number of hydrogen-bond donors (Lipinski definition) is 2. The molecule has 0 bridgehead atoms. The van der Waals surface area contributed by atoms with E-state index >= 15 is 0 Å². The molecule has 0 radical (unpaired) electrons. The molecule has 1 aromatic carbocycles. The Labute approximate surface area is 130 Å². The average molecular weight is 321 g/mol. The van der Waals surface area contributed by atoms with Crippen LogP contribution in [-0.4, -0.2) is 9.97 Å². The molecule has 0 aliphatic heterocycles. The third kappa shape index (κ3) is 2.92. The number of ether oxygens (including phenoxy) is 1. The predicted octanol–water partition coefficient (Wildman–Crippen LogP) is 3.99. The highest BCUT2D eigenvalue weighted by atomic mass is 35.5. The van der Waals surface area contributed by atoms with E-state index in [2.05, 4.69) is 22.3 Å². The number of anilines is 1. The topological polar surface area (TPSA) is 73.1 Å². The molecule has 3 aromatic rings. The maximum absolute atomic E-state index is 5.97. The molecule has 0 aliphatic rings. The van der Waals surface area contributed by atoms with Crippen molar-refractivity contribution in [2.75, 3.05) is 5.43 Å². The minimum atomic E-state index is 0.323. The van der Waals surface area contributed by atoms with Crippen LogP contribution in [0.1, 0.15) is 11.8 Å². The Morgan fingerprint density at radius 2 is 2.19 bits per heavy atom. The fourth-order valence-corrected chi connectivity index (χ4v) is 3.04. The van der Waals surface area contributed by atoms with Crippen molar-refractivity contribution >= 4 is 39.1 Å². The number of rotatable bonds is 4. The van der Waals surface area contributed by atoms with Crippen molar-refractivity contribution in [3.63, 3.8) is 0 Å². The quantitative estimate of drug-likeness (QED) is 0.562. The normalized spacial score (nSPS) is 10.8. The van der Waals surface area contributed by atoms with Gasteiger partial charge >= 0.3 is 0 Å². The van der Waals surface area contributed by atoms with Gasteiger partial charge in [-0.3, -0.25) is 5.43 Å². The SMILES string of the molecule is CCc1cc2c(Oc3cccc(Cl)c3)nc(NN)nc2s1. The van der Waals surface area contributed by atoms with E-state index in [0.717, 1.165) is 16.6 Å². The number of halogens is 1. The lowest BCUT2D eigenvalue weighted by molar-refractivity contribution is 0.469. The summed E-state index contributed by atoms with van der Waals surface area (Å²) in [4.78, 5) is 10.7. The molecule has 108 valence electrons. The van der Waals surface area contributed by atoms with Crippen LogP contribution in [0.5, 0.6) is 11.6 Å². The highest BCUT2D eigenvalue weighted by Crippen LogP contribution is 2.34. The first-order valence-corrected chi connectivity index (χ1v) is 7.59. The molecule has 5 nitrogen and oxygen atoms in total. The second-order valence-corrected chi connectivity index (χ2v) is 5.89. The minimum Gasteiger partial charge on any atom is -0.438 e. The second-order valence-electron chi connectivity index (χ2n) is 4.34. The summed E-state index contributed by atoms with van der Waals surface area (Å²) < 4.78 is 5.85. The van der Waals surface area contributed by atoms with E-state index in [4.69, 9.17) is 22.2 Å². The maximum Gasteiger partial charge on any atom is 0.241 e. The number of nitrogens with zero attached hydrogens (tertiary/aromatic N) is 2. The van der Waals surface area contributed by atoms with Crippen molar-refractivity contribution in [1.82, 2.24) is 9.97 Å². The first kappa shape index (κ1) is 14.1. The second kappa shape index (κ2) is 5.85.